The van der Waals surface area contributed by atoms with Gasteiger partial charge in [-0.15, -0.1) is 0 Å². The largest absolute Gasteiger partial charge is 0.368 e. The first-order valence-corrected chi connectivity index (χ1v) is 4.38. The number of hydrogen-bond donors (Lipinski definition) is 1. The average Bonchev–Trinajstić information content (AvgIpc) is 2.68. The zero-order chi connectivity index (χ0) is 11.7. The molecule has 16 heavy (non-hydrogen) atoms. The Kier molecular flexibility index (Phi) is 2.55. The van der Waals surface area contributed by atoms with E-state index in [9.17, 15) is 13.2 Å². The second-order valence-electron chi connectivity index (χ2n) is 3.19. The molecule has 2 rings (SSSR count). The van der Waals surface area contributed by atoms with Crippen molar-refractivity contribution in [2.45, 2.75) is 6.67 Å². The van der Waals surface area contributed by atoms with E-state index in [0.29, 0.717) is 0 Å². The first-order chi connectivity index (χ1) is 7.61. The molecule has 1 heterocycles. The number of nitrogens with two attached hydrogens (primary N) is 1. The highest BCUT2D eigenvalue weighted by Crippen LogP contribution is 2.26. The fourth-order valence-electron chi connectivity index (χ4n) is 1.32. The van der Waals surface area contributed by atoms with E-state index in [1.807, 2.05) is 0 Å². The number of hydrogen-bond acceptors (Lipinski definition) is 3. The van der Waals surface area contributed by atoms with Gasteiger partial charge in [0.15, 0.2) is 11.6 Å². The first kappa shape index (κ1) is 10.5. The van der Waals surface area contributed by atoms with Gasteiger partial charge in [0.05, 0.1) is 0 Å². The summed E-state index contributed by atoms with van der Waals surface area (Å²) in [6.45, 7) is -0.891. The van der Waals surface area contributed by atoms with Crippen LogP contribution in [0.5, 0.6) is 0 Å². The minimum atomic E-state index is -1.13. The van der Waals surface area contributed by atoms with Gasteiger partial charge in [-0.3, -0.25) is 0 Å². The van der Waals surface area contributed by atoms with E-state index in [1.54, 1.807) is 0 Å². The quantitative estimate of drug-likeness (QED) is 0.859. The van der Waals surface area contributed by atoms with Crippen LogP contribution in [-0.2, 0) is 6.67 Å². The molecule has 0 aliphatic carbocycles. The van der Waals surface area contributed by atoms with Crippen molar-refractivity contribution in [1.82, 2.24) is 5.16 Å². The van der Waals surface area contributed by atoms with Crippen LogP contribution in [0.1, 0.15) is 5.56 Å². The van der Waals surface area contributed by atoms with Gasteiger partial charge in [-0.25, -0.2) is 13.2 Å². The van der Waals surface area contributed by atoms with Crippen molar-refractivity contribution in [3.8, 4) is 11.3 Å². The molecule has 3 nitrogen and oxygen atoms in total. The third-order valence-corrected chi connectivity index (χ3v) is 2.05. The van der Waals surface area contributed by atoms with Crippen molar-refractivity contribution in [1.29, 1.82) is 0 Å². The van der Waals surface area contributed by atoms with Crippen molar-refractivity contribution in [3.05, 3.63) is 35.4 Å². The van der Waals surface area contributed by atoms with E-state index in [2.05, 4.69) is 9.68 Å². The summed E-state index contributed by atoms with van der Waals surface area (Å²) in [5, 5.41) is 3.43. The van der Waals surface area contributed by atoms with E-state index in [-0.39, 0.29) is 22.7 Å². The molecule has 0 aliphatic heterocycles. The van der Waals surface area contributed by atoms with Gasteiger partial charge in [0.1, 0.15) is 12.4 Å². The fourth-order valence-corrected chi connectivity index (χ4v) is 1.32. The zero-order valence-electron chi connectivity index (χ0n) is 8.01. The molecule has 0 saturated carbocycles. The molecule has 0 amide bonds. The maximum Gasteiger partial charge on any atom is 0.222 e. The molecular weight excluding hydrogens is 221 g/mol. The van der Waals surface area contributed by atoms with Crippen molar-refractivity contribution < 1.29 is 17.7 Å². The third kappa shape index (κ3) is 1.73. The van der Waals surface area contributed by atoms with E-state index >= 15 is 0 Å². The fraction of sp³-hybridized carbons (Fsp3) is 0.100. The van der Waals surface area contributed by atoms with Gasteiger partial charge < -0.3 is 10.3 Å². The average molecular weight is 228 g/mol. The molecule has 1 aromatic carbocycles. The Morgan fingerprint density at radius 2 is 2.00 bits per heavy atom. The van der Waals surface area contributed by atoms with Gasteiger partial charge in [-0.1, -0.05) is 5.16 Å². The number of rotatable bonds is 2. The molecule has 84 valence electrons. The molecular formula is C10H7F3N2O. The molecule has 6 heteroatoms. The molecule has 2 aromatic rings. The lowest BCUT2D eigenvalue weighted by molar-refractivity contribution is 0.437. The summed E-state index contributed by atoms with van der Waals surface area (Å²) in [4.78, 5) is 0. The van der Waals surface area contributed by atoms with Crippen LogP contribution in [-0.4, -0.2) is 5.16 Å². The summed E-state index contributed by atoms with van der Waals surface area (Å²) >= 11 is 0. The number of alkyl halides is 1. The van der Waals surface area contributed by atoms with E-state index in [0.717, 1.165) is 12.1 Å². The first-order valence-electron chi connectivity index (χ1n) is 4.38. The molecule has 0 saturated heterocycles. The summed E-state index contributed by atoms with van der Waals surface area (Å²) in [5.74, 6) is -2.27. The predicted octanol–water partition coefficient (Wildman–Crippen LogP) is 2.67. The maximum atomic E-state index is 13.4. The van der Waals surface area contributed by atoms with Crippen molar-refractivity contribution in [2.24, 2.45) is 0 Å². The molecule has 0 fully saturated rings. The summed E-state index contributed by atoms with van der Waals surface area (Å²) in [5.41, 5.74) is 5.14. The Morgan fingerprint density at radius 1 is 1.25 bits per heavy atom. The van der Waals surface area contributed by atoms with Crippen LogP contribution in [0, 0.1) is 11.6 Å². The summed E-state index contributed by atoms with van der Waals surface area (Å²) in [6, 6.07) is 3.19. The van der Waals surface area contributed by atoms with Crippen LogP contribution in [0.4, 0.5) is 19.1 Å². The molecule has 2 N–H and O–H groups in total. The van der Waals surface area contributed by atoms with E-state index in [4.69, 9.17) is 5.73 Å². The summed E-state index contributed by atoms with van der Waals surface area (Å²) in [7, 11) is 0. The van der Waals surface area contributed by atoms with Crippen LogP contribution >= 0.6 is 0 Å². The Labute approximate surface area is 88.7 Å². The normalized spacial score (nSPS) is 10.7. The van der Waals surface area contributed by atoms with Crippen LogP contribution in [0.3, 0.4) is 0 Å². The van der Waals surface area contributed by atoms with Crippen LogP contribution in [0.15, 0.2) is 22.7 Å². The smallest absolute Gasteiger partial charge is 0.222 e. The number of benzene rings is 1. The van der Waals surface area contributed by atoms with Crippen molar-refractivity contribution >= 4 is 5.88 Å². The molecule has 0 atom stereocenters. The predicted molar refractivity (Wildman–Crippen MR) is 51.1 cm³/mol. The van der Waals surface area contributed by atoms with Gasteiger partial charge >= 0.3 is 0 Å². The number of nitrogen functional groups attached to an aromatic ring is 1. The molecule has 0 radical (unpaired) electrons. The molecule has 1 aromatic heterocycles. The van der Waals surface area contributed by atoms with Gasteiger partial charge in [0.25, 0.3) is 0 Å². The Hall–Kier alpha value is -1.98. The highest BCUT2D eigenvalue weighted by Gasteiger charge is 2.15. The minimum absolute atomic E-state index is 0.0236. The number of anilines is 1. The Morgan fingerprint density at radius 3 is 2.56 bits per heavy atom. The molecule has 0 spiro atoms. The van der Waals surface area contributed by atoms with Gasteiger partial charge in [0, 0.05) is 11.6 Å². The van der Waals surface area contributed by atoms with Crippen molar-refractivity contribution in [2.75, 3.05) is 5.73 Å². The molecule has 0 aliphatic rings. The standard InChI is InChI=1S/C10H7F3N2O/c11-4-5-1-6(10(13)7(12)2-5)8-3-9(14)16-15-8/h1-3H,4,14H2. The van der Waals surface area contributed by atoms with Crippen LogP contribution in [0.25, 0.3) is 11.3 Å². The zero-order valence-corrected chi connectivity index (χ0v) is 8.01. The monoisotopic (exact) mass is 228 g/mol. The van der Waals surface area contributed by atoms with Crippen molar-refractivity contribution in [3.63, 3.8) is 0 Å². The lowest BCUT2D eigenvalue weighted by atomic mass is 10.1. The Balaban J connectivity index is 2.59. The summed E-state index contributed by atoms with van der Waals surface area (Å²) in [6.07, 6.45) is 0. The number of aromatic nitrogens is 1. The topological polar surface area (TPSA) is 52.0 Å². The van der Waals surface area contributed by atoms with Gasteiger partial charge in [-0.2, -0.15) is 0 Å². The highest BCUT2D eigenvalue weighted by atomic mass is 19.2. The maximum absolute atomic E-state index is 13.4. The SMILES string of the molecule is Nc1cc(-c2cc(CF)cc(F)c2F)no1. The second-order valence-corrected chi connectivity index (χ2v) is 3.19. The molecule has 0 bridgehead atoms. The second kappa shape index (κ2) is 3.88. The minimum Gasteiger partial charge on any atom is -0.368 e. The van der Waals surface area contributed by atoms with Crippen LogP contribution in [0.2, 0.25) is 0 Å². The summed E-state index contributed by atoms with van der Waals surface area (Å²) < 4.78 is 43.4. The molecule has 0 unspecified atom stereocenters. The third-order valence-electron chi connectivity index (χ3n) is 2.05. The van der Waals surface area contributed by atoms with Crippen LogP contribution < -0.4 is 5.73 Å². The highest BCUT2D eigenvalue weighted by molar-refractivity contribution is 5.62. The lowest BCUT2D eigenvalue weighted by Crippen LogP contribution is -1.93. The lowest BCUT2D eigenvalue weighted by Gasteiger charge is -2.02. The van der Waals surface area contributed by atoms with Gasteiger partial charge in [-0.05, 0) is 17.7 Å². The van der Waals surface area contributed by atoms with E-state index < -0.39 is 18.3 Å². The number of nitrogens with zero attached hydrogens (tertiary/aromatic N) is 1. The number of halogens is 3. The van der Waals surface area contributed by atoms with Gasteiger partial charge in [0.2, 0.25) is 5.88 Å². The Bertz CT molecular complexity index is 525. The van der Waals surface area contributed by atoms with E-state index in [1.165, 1.54) is 6.07 Å².